The second-order valence-corrected chi connectivity index (χ2v) is 5.21. The molecule has 0 amide bonds. The third-order valence-corrected chi connectivity index (χ3v) is 3.96. The van der Waals surface area contributed by atoms with E-state index in [9.17, 15) is 0 Å². The number of rotatable bonds is 4. The minimum Gasteiger partial charge on any atom is -0.441 e. The third-order valence-electron chi connectivity index (χ3n) is 3.96. The molecule has 2 aromatic rings. The van der Waals surface area contributed by atoms with Crippen LogP contribution in [0.25, 0.3) is 11.1 Å². The summed E-state index contributed by atoms with van der Waals surface area (Å²) in [6.45, 7) is 2.97. The number of hydrogen-bond acceptors (Lipinski definition) is 4. The predicted molar refractivity (Wildman–Crippen MR) is 73.8 cm³/mol. The van der Waals surface area contributed by atoms with Gasteiger partial charge in [-0.1, -0.05) is 19.1 Å². The minimum absolute atomic E-state index is 0.0560. The monoisotopic (exact) mass is 260 g/mol. The lowest BCUT2D eigenvalue weighted by Gasteiger charge is -2.22. The first-order valence-corrected chi connectivity index (χ1v) is 6.99. The van der Waals surface area contributed by atoms with Gasteiger partial charge in [-0.15, -0.1) is 0 Å². The molecule has 1 aliphatic rings. The highest BCUT2D eigenvalue weighted by Crippen LogP contribution is 2.27. The number of para-hydroxylation sites is 2. The molecule has 0 aliphatic carbocycles. The molecule has 3 rings (SSSR count). The Morgan fingerprint density at radius 1 is 1.42 bits per heavy atom. The van der Waals surface area contributed by atoms with Gasteiger partial charge in [0.25, 0.3) is 0 Å². The van der Waals surface area contributed by atoms with Crippen molar-refractivity contribution in [2.75, 3.05) is 6.61 Å². The fourth-order valence-corrected chi connectivity index (χ4v) is 2.94. The normalized spacial score (nSPS) is 24.9. The molecule has 4 heteroatoms. The lowest BCUT2D eigenvalue weighted by molar-refractivity contribution is 0.0808. The van der Waals surface area contributed by atoms with Crippen LogP contribution < -0.4 is 5.73 Å². The Kier molecular flexibility index (Phi) is 3.53. The quantitative estimate of drug-likeness (QED) is 0.917. The van der Waals surface area contributed by atoms with Gasteiger partial charge in [0, 0.05) is 25.0 Å². The second-order valence-electron chi connectivity index (χ2n) is 5.21. The Labute approximate surface area is 112 Å². The molecule has 102 valence electrons. The van der Waals surface area contributed by atoms with Gasteiger partial charge in [0.05, 0.1) is 6.10 Å². The van der Waals surface area contributed by atoms with Crippen LogP contribution in [0.5, 0.6) is 0 Å². The first-order chi connectivity index (χ1) is 9.28. The van der Waals surface area contributed by atoms with E-state index in [0.29, 0.717) is 18.4 Å². The zero-order chi connectivity index (χ0) is 13.2. The van der Waals surface area contributed by atoms with Gasteiger partial charge < -0.3 is 14.9 Å². The van der Waals surface area contributed by atoms with E-state index in [0.717, 1.165) is 36.4 Å². The Morgan fingerprint density at radius 3 is 3.05 bits per heavy atom. The van der Waals surface area contributed by atoms with Crippen LogP contribution in [0, 0.1) is 5.92 Å². The zero-order valence-electron chi connectivity index (χ0n) is 11.2. The van der Waals surface area contributed by atoms with Gasteiger partial charge in [0.15, 0.2) is 11.5 Å². The molecule has 1 fully saturated rings. The van der Waals surface area contributed by atoms with Crippen LogP contribution in [0.2, 0.25) is 0 Å². The second kappa shape index (κ2) is 5.31. The summed E-state index contributed by atoms with van der Waals surface area (Å²) in [6, 6.07) is 7.87. The highest BCUT2D eigenvalue weighted by atomic mass is 16.5. The Bertz CT molecular complexity index is 519. The molecular weight excluding hydrogens is 240 g/mol. The molecule has 1 aromatic heterocycles. The van der Waals surface area contributed by atoms with Crippen molar-refractivity contribution in [2.24, 2.45) is 11.7 Å². The summed E-state index contributed by atoms with van der Waals surface area (Å²) in [4.78, 5) is 4.49. The number of benzene rings is 1. The molecule has 1 aromatic carbocycles. The molecule has 1 saturated heterocycles. The molecule has 0 saturated carbocycles. The topological polar surface area (TPSA) is 61.3 Å². The summed E-state index contributed by atoms with van der Waals surface area (Å²) in [6.07, 6.45) is 3.03. The van der Waals surface area contributed by atoms with Gasteiger partial charge >= 0.3 is 0 Å². The van der Waals surface area contributed by atoms with Gasteiger partial charge in [-0.2, -0.15) is 0 Å². The maximum atomic E-state index is 6.32. The molecule has 0 spiro atoms. The van der Waals surface area contributed by atoms with Crippen molar-refractivity contribution in [3.05, 3.63) is 30.2 Å². The molecule has 4 nitrogen and oxygen atoms in total. The van der Waals surface area contributed by atoms with Crippen molar-refractivity contribution in [1.29, 1.82) is 0 Å². The SMILES string of the molecule is CCC1OCCC1C(N)Cc1nc2ccccc2o1. The van der Waals surface area contributed by atoms with Crippen LogP contribution in [0.3, 0.4) is 0 Å². The van der Waals surface area contributed by atoms with Crippen LogP contribution in [-0.4, -0.2) is 23.7 Å². The number of hydrogen-bond donors (Lipinski definition) is 1. The molecule has 19 heavy (non-hydrogen) atoms. The van der Waals surface area contributed by atoms with Crippen molar-refractivity contribution in [3.8, 4) is 0 Å². The van der Waals surface area contributed by atoms with Gasteiger partial charge in [-0.3, -0.25) is 0 Å². The van der Waals surface area contributed by atoms with Crippen LogP contribution in [0.15, 0.2) is 28.7 Å². The largest absolute Gasteiger partial charge is 0.441 e. The third kappa shape index (κ3) is 2.51. The average Bonchev–Trinajstić information content (AvgIpc) is 3.03. The number of oxazole rings is 1. The first kappa shape index (κ1) is 12.6. The standard InChI is InChI=1S/C15H20N2O2/c1-2-13-10(7-8-18-13)11(16)9-15-17-12-5-3-4-6-14(12)19-15/h3-6,10-11,13H,2,7-9,16H2,1H3. The van der Waals surface area contributed by atoms with Crippen molar-refractivity contribution in [3.63, 3.8) is 0 Å². The van der Waals surface area contributed by atoms with Crippen LogP contribution in [-0.2, 0) is 11.2 Å². The Balaban J connectivity index is 1.73. The molecule has 2 heterocycles. The van der Waals surface area contributed by atoms with Crippen molar-refractivity contribution in [1.82, 2.24) is 4.98 Å². The molecule has 3 atom stereocenters. The van der Waals surface area contributed by atoms with E-state index in [2.05, 4.69) is 11.9 Å². The summed E-state index contributed by atoms with van der Waals surface area (Å²) >= 11 is 0. The first-order valence-electron chi connectivity index (χ1n) is 6.99. The summed E-state index contributed by atoms with van der Waals surface area (Å²) < 4.78 is 11.4. The fourth-order valence-electron chi connectivity index (χ4n) is 2.94. The molecule has 2 N–H and O–H groups in total. The van der Waals surface area contributed by atoms with Gasteiger partial charge in [-0.25, -0.2) is 4.98 Å². The summed E-state index contributed by atoms with van der Waals surface area (Å²) in [5.74, 6) is 1.15. The Hall–Kier alpha value is -1.39. The van der Waals surface area contributed by atoms with Crippen LogP contribution in [0.1, 0.15) is 25.7 Å². The highest BCUT2D eigenvalue weighted by Gasteiger charge is 2.32. The van der Waals surface area contributed by atoms with E-state index < -0.39 is 0 Å². The zero-order valence-corrected chi connectivity index (χ0v) is 11.2. The number of nitrogens with zero attached hydrogens (tertiary/aromatic N) is 1. The number of ether oxygens (including phenoxy) is 1. The minimum atomic E-state index is 0.0560. The van der Waals surface area contributed by atoms with Crippen molar-refractivity contribution < 1.29 is 9.15 Å². The maximum Gasteiger partial charge on any atom is 0.197 e. The smallest absolute Gasteiger partial charge is 0.197 e. The summed E-state index contributed by atoms with van der Waals surface area (Å²) in [7, 11) is 0. The van der Waals surface area contributed by atoms with E-state index in [4.69, 9.17) is 14.9 Å². The number of fused-ring (bicyclic) bond motifs is 1. The van der Waals surface area contributed by atoms with Crippen molar-refractivity contribution >= 4 is 11.1 Å². The van der Waals surface area contributed by atoms with Crippen molar-refractivity contribution in [2.45, 2.75) is 38.3 Å². The fraction of sp³-hybridized carbons (Fsp3) is 0.533. The summed E-state index contributed by atoms with van der Waals surface area (Å²) in [5.41, 5.74) is 8.05. The number of nitrogens with two attached hydrogens (primary N) is 1. The molecule has 3 unspecified atom stereocenters. The van der Waals surface area contributed by atoms with E-state index in [1.165, 1.54) is 0 Å². The van der Waals surface area contributed by atoms with E-state index in [1.807, 2.05) is 24.3 Å². The number of aromatic nitrogens is 1. The summed E-state index contributed by atoms with van der Waals surface area (Å²) in [5, 5.41) is 0. The molecule has 0 bridgehead atoms. The average molecular weight is 260 g/mol. The van der Waals surface area contributed by atoms with Crippen LogP contribution >= 0.6 is 0 Å². The lowest BCUT2D eigenvalue weighted by atomic mass is 9.90. The van der Waals surface area contributed by atoms with E-state index in [-0.39, 0.29) is 6.04 Å². The van der Waals surface area contributed by atoms with E-state index >= 15 is 0 Å². The van der Waals surface area contributed by atoms with E-state index in [1.54, 1.807) is 0 Å². The van der Waals surface area contributed by atoms with Gasteiger partial charge in [0.2, 0.25) is 0 Å². The molecule has 1 aliphatic heterocycles. The maximum absolute atomic E-state index is 6.32. The predicted octanol–water partition coefficient (Wildman–Crippen LogP) is 2.51. The van der Waals surface area contributed by atoms with Gasteiger partial charge in [-0.05, 0) is 25.0 Å². The van der Waals surface area contributed by atoms with Crippen LogP contribution in [0.4, 0.5) is 0 Å². The molecular formula is C15H20N2O2. The lowest BCUT2D eigenvalue weighted by Crippen LogP contribution is -2.37. The highest BCUT2D eigenvalue weighted by molar-refractivity contribution is 5.72. The molecule has 0 radical (unpaired) electrons. The van der Waals surface area contributed by atoms with Gasteiger partial charge in [0.1, 0.15) is 5.52 Å². The Morgan fingerprint density at radius 2 is 2.26 bits per heavy atom.